The van der Waals surface area contributed by atoms with E-state index in [0.717, 1.165) is 16.8 Å². The lowest BCUT2D eigenvalue weighted by Crippen LogP contribution is -2.41. The summed E-state index contributed by atoms with van der Waals surface area (Å²) in [5, 5.41) is 9.11. The van der Waals surface area contributed by atoms with E-state index in [0.29, 0.717) is 56.3 Å². The minimum atomic E-state index is -0.901. The van der Waals surface area contributed by atoms with Gasteiger partial charge >= 0.3 is 6.09 Å². The van der Waals surface area contributed by atoms with Crippen molar-refractivity contribution in [3.8, 4) is 17.1 Å². The molecule has 1 amide bonds. The molecule has 1 saturated heterocycles. The number of benzene rings is 1. The highest BCUT2D eigenvalue weighted by Gasteiger charge is 2.30. The summed E-state index contributed by atoms with van der Waals surface area (Å²) in [6.07, 6.45) is 4.26. The van der Waals surface area contributed by atoms with Gasteiger partial charge in [0, 0.05) is 57.0 Å². The maximum Gasteiger partial charge on any atom is 0.407 e. The summed E-state index contributed by atoms with van der Waals surface area (Å²) in [4.78, 5) is 23.1. The molecule has 0 atom stereocenters. The van der Waals surface area contributed by atoms with Crippen molar-refractivity contribution >= 4 is 17.6 Å². The first kappa shape index (κ1) is 20.3. The van der Waals surface area contributed by atoms with Crippen LogP contribution in [0.1, 0.15) is 18.4 Å². The first-order valence-electron chi connectivity index (χ1n) is 10.7. The van der Waals surface area contributed by atoms with Crippen molar-refractivity contribution in [3.05, 3.63) is 54.2 Å². The Balaban J connectivity index is 1.36. The van der Waals surface area contributed by atoms with Crippen LogP contribution in [0.25, 0.3) is 11.3 Å². The zero-order valence-corrected chi connectivity index (χ0v) is 17.7. The van der Waals surface area contributed by atoms with E-state index in [1.807, 2.05) is 40.9 Å². The van der Waals surface area contributed by atoms with E-state index < -0.39 is 6.09 Å². The summed E-state index contributed by atoms with van der Waals surface area (Å²) in [6.45, 7) is 1.47. The molecule has 166 valence electrons. The lowest BCUT2D eigenvalue weighted by molar-refractivity contribution is 0.0865. The number of piperidine rings is 1. The Morgan fingerprint density at radius 3 is 2.69 bits per heavy atom. The van der Waals surface area contributed by atoms with Gasteiger partial charge in [-0.3, -0.25) is 0 Å². The number of ether oxygens (including phenoxy) is 1. The van der Waals surface area contributed by atoms with E-state index in [2.05, 4.69) is 9.97 Å². The molecule has 1 N–H and O–H groups in total. The van der Waals surface area contributed by atoms with Crippen LogP contribution in [-0.4, -0.2) is 56.4 Å². The molecule has 4 heterocycles. The molecule has 2 aliphatic heterocycles. The lowest BCUT2D eigenvalue weighted by atomic mass is 10.1. The second-order valence-corrected chi connectivity index (χ2v) is 8.14. The first-order valence-corrected chi connectivity index (χ1v) is 10.7. The van der Waals surface area contributed by atoms with Gasteiger partial charge in [-0.05, 0) is 30.7 Å². The number of aromatic nitrogens is 3. The zero-order chi connectivity index (χ0) is 22.2. The smallest absolute Gasteiger partial charge is 0.407 e. The van der Waals surface area contributed by atoms with Gasteiger partial charge in [-0.25, -0.2) is 19.2 Å². The highest BCUT2D eigenvalue weighted by atomic mass is 19.1. The molecule has 2 aliphatic rings. The highest BCUT2D eigenvalue weighted by Crippen LogP contribution is 2.39. The molecule has 8 nitrogen and oxygen atoms in total. The van der Waals surface area contributed by atoms with Crippen molar-refractivity contribution in [2.45, 2.75) is 25.4 Å². The molecule has 0 unspecified atom stereocenters. The number of fused-ring (bicyclic) bond motifs is 1. The summed E-state index contributed by atoms with van der Waals surface area (Å²) in [5.41, 5.74) is 3.10. The molecule has 0 bridgehead atoms. The van der Waals surface area contributed by atoms with Crippen LogP contribution < -0.4 is 9.64 Å². The quantitative estimate of drug-likeness (QED) is 0.668. The summed E-state index contributed by atoms with van der Waals surface area (Å²) >= 11 is 0. The summed E-state index contributed by atoms with van der Waals surface area (Å²) < 4.78 is 23.2. The third-order valence-electron chi connectivity index (χ3n) is 6.19. The number of hydrogen-bond donors (Lipinski definition) is 1. The van der Waals surface area contributed by atoms with Crippen molar-refractivity contribution < 1.29 is 19.0 Å². The molecule has 2 aromatic heterocycles. The predicted octanol–water partition coefficient (Wildman–Crippen LogP) is 3.84. The number of likely N-dealkylation sites (tertiary alicyclic amines) is 1. The van der Waals surface area contributed by atoms with Crippen LogP contribution in [0.4, 0.5) is 20.7 Å². The SMILES string of the molecule is Cn1cccc1-c1ccc(N2CCc3c(OC4CCN(C(=O)O)CC4)ncnc32)c(F)c1. The van der Waals surface area contributed by atoms with Gasteiger partial charge in [0.1, 0.15) is 24.1 Å². The minimum Gasteiger partial charge on any atom is -0.474 e. The van der Waals surface area contributed by atoms with Gasteiger partial charge in [0.25, 0.3) is 0 Å². The molecule has 0 spiro atoms. The van der Waals surface area contributed by atoms with E-state index in [1.54, 1.807) is 12.1 Å². The molecule has 3 aromatic rings. The number of rotatable bonds is 4. The average Bonchev–Trinajstić information content (AvgIpc) is 3.41. The molecule has 32 heavy (non-hydrogen) atoms. The van der Waals surface area contributed by atoms with Gasteiger partial charge in [-0.2, -0.15) is 0 Å². The molecule has 0 radical (unpaired) electrons. The Morgan fingerprint density at radius 1 is 1.19 bits per heavy atom. The Kier molecular flexibility index (Phi) is 5.16. The molecule has 1 aromatic carbocycles. The number of carboxylic acid groups (broad SMARTS) is 1. The number of hydrogen-bond acceptors (Lipinski definition) is 5. The van der Waals surface area contributed by atoms with Crippen LogP contribution in [0.3, 0.4) is 0 Å². The molecule has 5 rings (SSSR count). The van der Waals surface area contributed by atoms with Crippen LogP contribution in [-0.2, 0) is 13.5 Å². The van der Waals surface area contributed by atoms with E-state index in [1.165, 1.54) is 11.2 Å². The van der Waals surface area contributed by atoms with Gasteiger partial charge in [0.05, 0.1) is 11.3 Å². The highest BCUT2D eigenvalue weighted by molar-refractivity contribution is 5.71. The van der Waals surface area contributed by atoms with E-state index >= 15 is 4.39 Å². The van der Waals surface area contributed by atoms with Gasteiger partial charge < -0.3 is 24.2 Å². The van der Waals surface area contributed by atoms with Crippen LogP contribution >= 0.6 is 0 Å². The van der Waals surface area contributed by atoms with Gasteiger partial charge in [-0.15, -0.1) is 0 Å². The molecule has 0 saturated carbocycles. The van der Waals surface area contributed by atoms with Crippen LogP contribution in [0.5, 0.6) is 5.88 Å². The largest absolute Gasteiger partial charge is 0.474 e. The van der Waals surface area contributed by atoms with Gasteiger partial charge in [0.15, 0.2) is 0 Å². The topological polar surface area (TPSA) is 83.7 Å². The van der Waals surface area contributed by atoms with Crippen molar-refractivity contribution in [3.63, 3.8) is 0 Å². The Bertz CT molecular complexity index is 1160. The second-order valence-electron chi connectivity index (χ2n) is 8.14. The maximum atomic E-state index is 15.1. The number of nitrogens with zero attached hydrogens (tertiary/aromatic N) is 5. The molecular formula is C23H24FN5O3. The van der Waals surface area contributed by atoms with Crippen molar-refractivity contribution in [1.82, 2.24) is 19.4 Å². The lowest BCUT2D eigenvalue weighted by Gasteiger charge is -2.30. The normalized spacial score (nSPS) is 16.3. The van der Waals surface area contributed by atoms with E-state index in [4.69, 9.17) is 9.84 Å². The number of amides is 1. The number of halogens is 1. The molecular weight excluding hydrogens is 413 g/mol. The summed E-state index contributed by atoms with van der Waals surface area (Å²) in [6, 6.07) is 9.15. The fraction of sp³-hybridized carbons (Fsp3) is 0.348. The number of anilines is 2. The van der Waals surface area contributed by atoms with Crippen LogP contribution in [0.15, 0.2) is 42.9 Å². The first-order chi connectivity index (χ1) is 15.5. The number of aryl methyl sites for hydroxylation is 1. The Morgan fingerprint density at radius 2 is 2.00 bits per heavy atom. The fourth-order valence-corrected chi connectivity index (χ4v) is 4.47. The molecule has 1 fully saturated rings. The monoisotopic (exact) mass is 437 g/mol. The Labute approximate surface area is 184 Å². The predicted molar refractivity (Wildman–Crippen MR) is 117 cm³/mol. The van der Waals surface area contributed by atoms with Gasteiger partial charge in [0.2, 0.25) is 5.88 Å². The van der Waals surface area contributed by atoms with Gasteiger partial charge in [-0.1, -0.05) is 6.07 Å². The van der Waals surface area contributed by atoms with Crippen LogP contribution in [0, 0.1) is 5.82 Å². The van der Waals surface area contributed by atoms with E-state index in [9.17, 15) is 4.79 Å². The number of carbonyl (C=O) groups is 1. The second kappa shape index (κ2) is 8.14. The third-order valence-corrected chi connectivity index (χ3v) is 6.19. The maximum absolute atomic E-state index is 15.1. The Hall–Kier alpha value is -3.62. The minimum absolute atomic E-state index is 0.0973. The van der Waals surface area contributed by atoms with E-state index in [-0.39, 0.29) is 11.9 Å². The standard InChI is InChI=1S/C23H24FN5O3/c1-27-9-2-3-19(27)15-4-5-20(18(24)13-15)29-12-8-17-21(29)25-14-26-22(17)32-16-6-10-28(11-7-16)23(30)31/h2-5,9,13-14,16H,6-8,10-12H2,1H3,(H,30,31). The summed E-state index contributed by atoms with van der Waals surface area (Å²) in [7, 11) is 1.93. The summed E-state index contributed by atoms with van der Waals surface area (Å²) in [5.74, 6) is 0.856. The average molecular weight is 437 g/mol. The van der Waals surface area contributed by atoms with Crippen molar-refractivity contribution in [2.75, 3.05) is 24.5 Å². The van der Waals surface area contributed by atoms with Crippen molar-refractivity contribution in [1.29, 1.82) is 0 Å². The molecule has 0 aliphatic carbocycles. The molecule has 9 heteroatoms. The van der Waals surface area contributed by atoms with Crippen LogP contribution in [0.2, 0.25) is 0 Å². The zero-order valence-electron chi connectivity index (χ0n) is 17.7. The third kappa shape index (κ3) is 3.63. The van der Waals surface area contributed by atoms with Crippen molar-refractivity contribution in [2.24, 2.45) is 7.05 Å². The fourth-order valence-electron chi connectivity index (χ4n) is 4.47.